The summed E-state index contributed by atoms with van der Waals surface area (Å²) >= 11 is 0. The van der Waals surface area contributed by atoms with Crippen LogP contribution in [0.1, 0.15) is 31.0 Å². The van der Waals surface area contributed by atoms with E-state index in [-0.39, 0.29) is 17.9 Å². The topological polar surface area (TPSA) is 58.6 Å². The van der Waals surface area contributed by atoms with Crippen LogP contribution in [0.4, 0.5) is 5.69 Å². The molecule has 0 spiro atoms. The quantitative estimate of drug-likeness (QED) is 0.803. The Morgan fingerprint density at radius 1 is 1.08 bits per heavy atom. The van der Waals surface area contributed by atoms with Gasteiger partial charge in [-0.15, -0.1) is 0 Å². The Morgan fingerprint density at radius 2 is 1.69 bits per heavy atom. The van der Waals surface area contributed by atoms with Gasteiger partial charge in [-0.3, -0.25) is 9.59 Å². The number of anilines is 1. The minimum absolute atomic E-state index is 0.0554. The van der Waals surface area contributed by atoms with Gasteiger partial charge >= 0.3 is 0 Å². The van der Waals surface area contributed by atoms with Gasteiger partial charge in [-0.25, -0.2) is 0 Å². The lowest BCUT2D eigenvalue weighted by Crippen LogP contribution is -2.27. The second kappa shape index (κ2) is 8.85. The van der Waals surface area contributed by atoms with E-state index in [4.69, 9.17) is 4.74 Å². The van der Waals surface area contributed by atoms with Crippen molar-refractivity contribution in [1.82, 2.24) is 4.90 Å². The average molecular weight is 352 g/mol. The molecule has 5 nitrogen and oxygen atoms in total. The highest BCUT2D eigenvalue weighted by Gasteiger charge is 2.15. The molecule has 0 aliphatic carbocycles. The normalized spacial score (nSPS) is 11.8. The molecule has 0 aliphatic heterocycles. The number of hydrogen-bond donors (Lipinski definition) is 1. The maximum absolute atomic E-state index is 12.4. The largest absolute Gasteiger partial charge is 0.497 e. The number of ether oxygens (including phenoxy) is 1. The maximum Gasteiger partial charge on any atom is 0.246 e. The fourth-order valence-corrected chi connectivity index (χ4v) is 2.46. The van der Waals surface area contributed by atoms with Crippen molar-refractivity contribution in [3.8, 4) is 5.75 Å². The van der Waals surface area contributed by atoms with E-state index in [1.807, 2.05) is 43.3 Å². The molecule has 1 unspecified atom stereocenters. The third-order valence-electron chi connectivity index (χ3n) is 4.18. The van der Waals surface area contributed by atoms with Crippen LogP contribution in [0.15, 0.2) is 54.6 Å². The second-order valence-corrected chi connectivity index (χ2v) is 6.03. The van der Waals surface area contributed by atoms with Crippen LogP contribution in [-0.4, -0.2) is 30.9 Å². The van der Waals surface area contributed by atoms with Gasteiger partial charge in [0.05, 0.1) is 13.2 Å². The summed E-state index contributed by atoms with van der Waals surface area (Å²) in [5.74, 6) is 0.592. The molecule has 2 rings (SSSR count). The first-order valence-electron chi connectivity index (χ1n) is 8.37. The minimum Gasteiger partial charge on any atom is -0.497 e. The van der Waals surface area contributed by atoms with E-state index in [2.05, 4.69) is 5.32 Å². The Labute approximate surface area is 154 Å². The smallest absolute Gasteiger partial charge is 0.246 e. The summed E-state index contributed by atoms with van der Waals surface area (Å²) in [5, 5.41) is 2.71. The molecule has 0 saturated carbocycles. The third kappa shape index (κ3) is 5.21. The summed E-state index contributed by atoms with van der Waals surface area (Å²) in [5.41, 5.74) is 2.65. The van der Waals surface area contributed by atoms with Crippen LogP contribution in [0.2, 0.25) is 0 Å². The summed E-state index contributed by atoms with van der Waals surface area (Å²) in [4.78, 5) is 25.1. The average Bonchev–Trinajstić information content (AvgIpc) is 2.65. The molecular weight excluding hydrogens is 328 g/mol. The number of hydrogen-bond acceptors (Lipinski definition) is 3. The van der Waals surface area contributed by atoms with Gasteiger partial charge < -0.3 is 15.0 Å². The van der Waals surface area contributed by atoms with E-state index >= 15 is 0 Å². The number of nitrogens with one attached hydrogen (secondary N) is 1. The molecule has 2 aromatic carbocycles. The van der Waals surface area contributed by atoms with E-state index < -0.39 is 0 Å². The fourth-order valence-electron chi connectivity index (χ4n) is 2.46. The third-order valence-corrected chi connectivity index (χ3v) is 4.18. The lowest BCUT2D eigenvalue weighted by Gasteiger charge is -2.24. The van der Waals surface area contributed by atoms with Crippen molar-refractivity contribution in [3.05, 3.63) is 65.7 Å². The summed E-state index contributed by atoms with van der Waals surface area (Å²) in [6.07, 6.45) is 3.31. The summed E-state index contributed by atoms with van der Waals surface area (Å²) < 4.78 is 5.16. The molecule has 0 aromatic heterocycles. The Balaban J connectivity index is 2.00. The molecule has 1 N–H and O–H groups in total. The van der Waals surface area contributed by atoms with Crippen LogP contribution in [-0.2, 0) is 9.59 Å². The SMILES string of the molecule is COc1ccc(C(C)N(C)C(=O)/C=C/c2ccc(NC(C)=O)cc2)cc1. The van der Waals surface area contributed by atoms with Gasteiger partial charge in [0.2, 0.25) is 11.8 Å². The van der Waals surface area contributed by atoms with E-state index in [1.165, 1.54) is 6.92 Å². The highest BCUT2D eigenvalue weighted by atomic mass is 16.5. The van der Waals surface area contributed by atoms with Crippen LogP contribution >= 0.6 is 0 Å². The molecule has 0 fully saturated rings. The zero-order chi connectivity index (χ0) is 19.1. The fraction of sp³-hybridized carbons (Fsp3) is 0.238. The molecular formula is C21H24N2O3. The van der Waals surface area contributed by atoms with Crippen molar-refractivity contribution in [2.45, 2.75) is 19.9 Å². The summed E-state index contributed by atoms with van der Waals surface area (Å²) in [6, 6.07) is 14.9. The number of methoxy groups -OCH3 is 1. The first kappa shape index (κ1) is 19.2. The van der Waals surface area contributed by atoms with Crippen LogP contribution in [0.5, 0.6) is 5.75 Å². The van der Waals surface area contributed by atoms with Gasteiger partial charge in [0, 0.05) is 25.7 Å². The Morgan fingerprint density at radius 3 is 2.23 bits per heavy atom. The number of nitrogens with zero attached hydrogens (tertiary/aromatic N) is 1. The Kier molecular flexibility index (Phi) is 6.55. The van der Waals surface area contributed by atoms with Gasteiger partial charge in [-0.05, 0) is 48.4 Å². The zero-order valence-corrected chi connectivity index (χ0v) is 15.5. The molecule has 136 valence electrons. The second-order valence-electron chi connectivity index (χ2n) is 6.03. The van der Waals surface area contributed by atoms with Gasteiger partial charge in [-0.1, -0.05) is 24.3 Å². The first-order valence-corrected chi connectivity index (χ1v) is 8.37. The number of benzene rings is 2. The van der Waals surface area contributed by atoms with Gasteiger partial charge in [0.15, 0.2) is 0 Å². The number of amides is 2. The van der Waals surface area contributed by atoms with E-state index in [1.54, 1.807) is 43.3 Å². The minimum atomic E-state index is -0.113. The Bertz CT molecular complexity index is 780. The van der Waals surface area contributed by atoms with Crippen LogP contribution < -0.4 is 10.1 Å². The predicted octanol–water partition coefficient (Wildman–Crippen LogP) is 3.89. The number of carbonyl (C=O) groups is 2. The van der Waals surface area contributed by atoms with Crippen molar-refractivity contribution in [2.75, 3.05) is 19.5 Å². The number of likely N-dealkylation sites (N-methyl/N-ethyl adjacent to an activating group) is 1. The lowest BCUT2D eigenvalue weighted by molar-refractivity contribution is -0.126. The molecule has 1 atom stereocenters. The predicted molar refractivity (Wildman–Crippen MR) is 104 cm³/mol. The number of carbonyl (C=O) groups excluding carboxylic acids is 2. The number of rotatable bonds is 6. The molecule has 26 heavy (non-hydrogen) atoms. The monoisotopic (exact) mass is 352 g/mol. The highest BCUT2D eigenvalue weighted by Crippen LogP contribution is 2.22. The first-order chi connectivity index (χ1) is 12.4. The molecule has 2 amide bonds. The molecule has 5 heteroatoms. The standard InChI is InChI=1S/C21H24N2O3/c1-15(18-8-12-20(26-4)13-9-18)23(3)21(25)14-7-17-5-10-19(11-6-17)22-16(2)24/h5-15H,1-4H3,(H,22,24)/b14-7+. The lowest BCUT2D eigenvalue weighted by atomic mass is 10.1. The van der Waals surface area contributed by atoms with Crippen LogP contribution in [0, 0.1) is 0 Å². The molecule has 0 saturated heterocycles. The van der Waals surface area contributed by atoms with E-state index in [0.717, 1.165) is 22.6 Å². The molecule has 0 heterocycles. The van der Waals surface area contributed by atoms with Crippen molar-refractivity contribution in [1.29, 1.82) is 0 Å². The van der Waals surface area contributed by atoms with Gasteiger partial charge in [-0.2, -0.15) is 0 Å². The summed E-state index contributed by atoms with van der Waals surface area (Å²) in [6.45, 7) is 3.45. The van der Waals surface area contributed by atoms with Gasteiger partial charge in [0.1, 0.15) is 5.75 Å². The van der Waals surface area contributed by atoms with Crippen molar-refractivity contribution in [3.63, 3.8) is 0 Å². The van der Waals surface area contributed by atoms with Crippen molar-refractivity contribution >= 4 is 23.6 Å². The zero-order valence-electron chi connectivity index (χ0n) is 15.5. The highest BCUT2D eigenvalue weighted by molar-refractivity contribution is 5.92. The summed E-state index contributed by atoms with van der Waals surface area (Å²) in [7, 11) is 3.41. The molecule has 0 bridgehead atoms. The molecule has 0 aliphatic rings. The molecule has 2 aromatic rings. The van der Waals surface area contributed by atoms with Gasteiger partial charge in [0.25, 0.3) is 0 Å². The Hall–Kier alpha value is -3.08. The van der Waals surface area contributed by atoms with E-state index in [0.29, 0.717) is 0 Å². The van der Waals surface area contributed by atoms with Crippen LogP contribution in [0.25, 0.3) is 6.08 Å². The van der Waals surface area contributed by atoms with Crippen molar-refractivity contribution < 1.29 is 14.3 Å². The molecule has 0 radical (unpaired) electrons. The van der Waals surface area contributed by atoms with E-state index in [9.17, 15) is 9.59 Å². The van der Waals surface area contributed by atoms with Crippen molar-refractivity contribution in [2.24, 2.45) is 0 Å². The maximum atomic E-state index is 12.4. The van der Waals surface area contributed by atoms with Crippen LogP contribution in [0.3, 0.4) is 0 Å².